The maximum Gasteiger partial charge on any atom is 0.325 e. The van der Waals surface area contributed by atoms with E-state index in [9.17, 15) is 19.2 Å². The Labute approximate surface area is 194 Å². The Balaban J connectivity index is 1.25. The van der Waals surface area contributed by atoms with Crippen LogP contribution < -0.4 is 29.7 Å². The molecule has 0 radical (unpaired) electrons. The van der Waals surface area contributed by atoms with E-state index in [1.807, 2.05) is 0 Å². The average molecular weight is 469 g/mol. The van der Waals surface area contributed by atoms with Crippen LogP contribution in [0.5, 0.6) is 17.2 Å². The summed E-state index contributed by atoms with van der Waals surface area (Å²) in [5.74, 6) is -0.949. The number of carbonyl (C=O) groups excluding carboxylic acids is 4. The molecule has 11 nitrogen and oxygen atoms in total. The van der Waals surface area contributed by atoms with Crippen molar-refractivity contribution < 1.29 is 38.1 Å². The third kappa shape index (κ3) is 5.20. The van der Waals surface area contributed by atoms with E-state index in [0.29, 0.717) is 41.8 Å². The maximum absolute atomic E-state index is 12.4. The number of fused-ring (bicyclic) bond motifs is 1. The summed E-state index contributed by atoms with van der Waals surface area (Å²) in [5, 5.41) is 4.58. The van der Waals surface area contributed by atoms with Crippen LogP contribution in [0.4, 0.5) is 16.2 Å². The van der Waals surface area contributed by atoms with Gasteiger partial charge < -0.3 is 29.2 Å². The lowest BCUT2D eigenvalue weighted by molar-refractivity contribution is -0.152. The number of rotatable bonds is 6. The van der Waals surface area contributed by atoms with Crippen molar-refractivity contribution in [2.45, 2.75) is 6.42 Å². The lowest BCUT2D eigenvalue weighted by Crippen LogP contribution is -2.38. The first-order valence-electron chi connectivity index (χ1n) is 10.5. The van der Waals surface area contributed by atoms with Gasteiger partial charge in [-0.2, -0.15) is 0 Å². The van der Waals surface area contributed by atoms with Gasteiger partial charge in [0, 0.05) is 24.7 Å². The molecular weight excluding hydrogens is 446 g/mol. The van der Waals surface area contributed by atoms with Crippen molar-refractivity contribution in [1.29, 1.82) is 0 Å². The summed E-state index contributed by atoms with van der Waals surface area (Å²) in [6.45, 7) is 0.285. The molecule has 0 aliphatic carbocycles. The highest BCUT2D eigenvalue weighted by Gasteiger charge is 2.37. The van der Waals surface area contributed by atoms with E-state index < -0.39 is 30.4 Å². The second-order valence-corrected chi connectivity index (χ2v) is 7.55. The molecule has 2 heterocycles. The Bertz CT molecular complexity index is 1120. The van der Waals surface area contributed by atoms with E-state index in [0.717, 1.165) is 0 Å². The van der Waals surface area contributed by atoms with Gasteiger partial charge in [-0.15, -0.1) is 0 Å². The molecular formula is C23H23N3O8. The molecule has 0 aromatic heterocycles. The first kappa shape index (κ1) is 22.9. The van der Waals surface area contributed by atoms with Gasteiger partial charge in [0.2, 0.25) is 5.91 Å². The molecule has 0 bridgehead atoms. The summed E-state index contributed by atoms with van der Waals surface area (Å²) < 4.78 is 21.1. The monoisotopic (exact) mass is 469 g/mol. The van der Waals surface area contributed by atoms with Crippen molar-refractivity contribution in [1.82, 2.24) is 5.32 Å². The van der Waals surface area contributed by atoms with E-state index >= 15 is 0 Å². The number of hydrogen-bond acceptors (Lipinski definition) is 8. The smallest absolute Gasteiger partial charge is 0.325 e. The van der Waals surface area contributed by atoms with Crippen LogP contribution in [-0.4, -0.2) is 57.3 Å². The number of esters is 1. The summed E-state index contributed by atoms with van der Waals surface area (Å²) in [4.78, 5) is 50.4. The molecule has 4 amide bonds. The fourth-order valence-corrected chi connectivity index (χ4v) is 3.65. The van der Waals surface area contributed by atoms with Gasteiger partial charge in [-0.25, -0.2) is 4.79 Å². The second kappa shape index (κ2) is 10.1. The van der Waals surface area contributed by atoms with Gasteiger partial charge in [-0.3, -0.25) is 19.7 Å². The van der Waals surface area contributed by atoms with E-state index in [4.69, 9.17) is 18.9 Å². The van der Waals surface area contributed by atoms with Crippen molar-refractivity contribution in [2.75, 3.05) is 43.7 Å². The fourth-order valence-electron chi connectivity index (χ4n) is 3.65. The molecule has 0 unspecified atom stereocenters. The highest BCUT2D eigenvalue weighted by atomic mass is 16.6. The first-order chi connectivity index (χ1) is 16.4. The molecule has 2 aliphatic rings. The number of amides is 4. The van der Waals surface area contributed by atoms with Crippen LogP contribution in [0.15, 0.2) is 42.5 Å². The lowest BCUT2D eigenvalue weighted by Gasteiger charge is -2.19. The quantitative estimate of drug-likeness (QED) is 0.611. The Hall–Kier alpha value is -4.28. The fraction of sp³-hybridized carbons (Fsp3) is 0.304. The zero-order valence-corrected chi connectivity index (χ0v) is 18.4. The number of ether oxygens (including phenoxy) is 4. The average Bonchev–Trinajstić information content (AvgIpc) is 3.23. The third-order valence-electron chi connectivity index (χ3n) is 5.23. The van der Waals surface area contributed by atoms with Crippen LogP contribution >= 0.6 is 0 Å². The van der Waals surface area contributed by atoms with E-state index in [1.54, 1.807) is 42.5 Å². The predicted octanol–water partition coefficient (Wildman–Crippen LogP) is 1.71. The summed E-state index contributed by atoms with van der Waals surface area (Å²) in [6, 6.07) is 11.0. The number of carbonyl (C=O) groups is 4. The number of anilines is 2. The Morgan fingerprint density at radius 3 is 2.65 bits per heavy atom. The Morgan fingerprint density at radius 2 is 1.85 bits per heavy atom. The largest absolute Gasteiger partial charge is 0.495 e. The molecule has 0 spiro atoms. The van der Waals surface area contributed by atoms with Gasteiger partial charge in [-0.1, -0.05) is 12.1 Å². The standard InChI is InChI=1S/C23H23N3O8/c1-31-17-5-3-2-4-16(17)26-12-14(10-21(26)28)22(29)34-13-20(27)25-23(30)24-15-6-7-18-19(11-15)33-9-8-32-18/h2-7,11,14H,8-10,12-13H2,1H3,(H2,24,25,27,30)/t14-/m0/s1. The number of para-hydroxylation sites is 2. The van der Waals surface area contributed by atoms with Gasteiger partial charge in [0.15, 0.2) is 18.1 Å². The number of nitrogens with zero attached hydrogens (tertiary/aromatic N) is 1. The van der Waals surface area contributed by atoms with E-state index in [2.05, 4.69) is 10.6 Å². The Morgan fingerprint density at radius 1 is 1.09 bits per heavy atom. The molecule has 2 aromatic rings. The predicted molar refractivity (Wildman–Crippen MR) is 119 cm³/mol. The first-order valence-corrected chi connectivity index (χ1v) is 10.5. The number of methoxy groups -OCH3 is 1. The van der Waals surface area contributed by atoms with Crippen molar-refractivity contribution in [3.63, 3.8) is 0 Å². The lowest BCUT2D eigenvalue weighted by atomic mass is 10.1. The van der Waals surface area contributed by atoms with Crippen molar-refractivity contribution in [3.05, 3.63) is 42.5 Å². The topological polar surface area (TPSA) is 132 Å². The van der Waals surface area contributed by atoms with Gasteiger partial charge in [0.05, 0.1) is 18.7 Å². The van der Waals surface area contributed by atoms with Gasteiger partial charge in [-0.05, 0) is 24.3 Å². The van der Waals surface area contributed by atoms with Gasteiger partial charge in [0.25, 0.3) is 5.91 Å². The van der Waals surface area contributed by atoms with Crippen LogP contribution in [0.25, 0.3) is 0 Å². The third-order valence-corrected chi connectivity index (χ3v) is 5.23. The van der Waals surface area contributed by atoms with Crippen LogP contribution in [0, 0.1) is 5.92 Å². The number of urea groups is 1. The van der Waals surface area contributed by atoms with Crippen LogP contribution in [0.3, 0.4) is 0 Å². The Kier molecular flexibility index (Phi) is 6.81. The van der Waals surface area contributed by atoms with Gasteiger partial charge in [0.1, 0.15) is 19.0 Å². The molecule has 4 rings (SSSR count). The van der Waals surface area contributed by atoms with E-state index in [-0.39, 0.29) is 18.9 Å². The molecule has 178 valence electrons. The van der Waals surface area contributed by atoms with Crippen molar-refractivity contribution in [3.8, 4) is 17.2 Å². The minimum Gasteiger partial charge on any atom is -0.495 e. The zero-order valence-electron chi connectivity index (χ0n) is 18.4. The number of imide groups is 1. The van der Waals surface area contributed by atoms with Crippen molar-refractivity contribution in [2.24, 2.45) is 5.92 Å². The van der Waals surface area contributed by atoms with Crippen LogP contribution in [-0.2, 0) is 19.1 Å². The summed E-state index contributed by atoms with van der Waals surface area (Å²) >= 11 is 0. The molecule has 2 aliphatic heterocycles. The van der Waals surface area contributed by atoms with Crippen LogP contribution in [0.1, 0.15) is 6.42 Å². The second-order valence-electron chi connectivity index (χ2n) is 7.55. The summed E-state index contributed by atoms with van der Waals surface area (Å²) in [7, 11) is 1.49. The summed E-state index contributed by atoms with van der Waals surface area (Å²) in [5.41, 5.74) is 0.950. The number of nitrogens with one attached hydrogen (secondary N) is 2. The normalized spacial score (nSPS) is 16.6. The molecule has 0 saturated carbocycles. The molecule has 34 heavy (non-hydrogen) atoms. The highest BCUT2D eigenvalue weighted by Crippen LogP contribution is 2.33. The molecule has 2 aromatic carbocycles. The van der Waals surface area contributed by atoms with Crippen molar-refractivity contribution >= 4 is 35.2 Å². The highest BCUT2D eigenvalue weighted by molar-refractivity contribution is 6.03. The molecule has 2 N–H and O–H groups in total. The van der Waals surface area contributed by atoms with Crippen LogP contribution in [0.2, 0.25) is 0 Å². The molecule has 11 heteroatoms. The zero-order chi connectivity index (χ0) is 24.1. The minimum absolute atomic E-state index is 0.0525. The van der Waals surface area contributed by atoms with Gasteiger partial charge >= 0.3 is 12.0 Å². The molecule has 1 saturated heterocycles. The minimum atomic E-state index is -0.811. The maximum atomic E-state index is 12.4. The SMILES string of the molecule is COc1ccccc1N1C[C@@H](C(=O)OCC(=O)NC(=O)Nc2ccc3c(c2)OCCO3)CC1=O. The molecule has 1 fully saturated rings. The summed E-state index contributed by atoms with van der Waals surface area (Å²) in [6.07, 6.45) is -0.0525. The van der Waals surface area contributed by atoms with E-state index in [1.165, 1.54) is 12.0 Å². The number of benzene rings is 2. The number of hydrogen-bond donors (Lipinski definition) is 2. The molecule has 1 atom stereocenters.